The number of likely N-dealkylation sites (tertiary alicyclic amines) is 1. The second-order valence-electron chi connectivity index (χ2n) is 5.22. The summed E-state index contributed by atoms with van der Waals surface area (Å²) in [6.45, 7) is 5.39. The molecule has 0 unspecified atom stereocenters. The Bertz CT molecular complexity index is 320. The zero-order valence-corrected chi connectivity index (χ0v) is 10.4. The van der Waals surface area contributed by atoms with E-state index in [-0.39, 0.29) is 18.1 Å². The Morgan fingerprint density at radius 2 is 1.94 bits per heavy atom. The summed E-state index contributed by atoms with van der Waals surface area (Å²) < 4.78 is 10.8. The van der Waals surface area contributed by atoms with E-state index in [0.717, 1.165) is 6.42 Å². The molecule has 2 aliphatic rings. The highest BCUT2D eigenvalue weighted by Gasteiger charge is 2.44. The van der Waals surface area contributed by atoms with Gasteiger partial charge in [0.1, 0.15) is 0 Å². The van der Waals surface area contributed by atoms with E-state index in [0.29, 0.717) is 32.6 Å². The topological polar surface area (TPSA) is 55.8 Å². The molecule has 0 saturated carbocycles. The quantitative estimate of drug-likeness (QED) is 0.690. The maximum atomic E-state index is 11.9. The van der Waals surface area contributed by atoms with E-state index in [9.17, 15) is 9.59 Å². The normalized spacial score (nSPS) is 25.6. The molecule has 0 aromatic carbocycles. The molecule has 2 heterocycles. The molecule has 0 aromatic heterocycles. The van der Waals surface area contributed by atoms with Gasteiger partial charge in [0.15, 0.2) is 6.29 Å². The summed E-state index contributed by atoms with van der Waals surface area (Å²) in [6.07, 6.45) is 1.50. The highest BCUT2D eigenvalue weighted by Crippen LogP contribution is 2.31. The Hall–Kier alpha value is -0.940. The van der Waals surface area contributed by atoms with Gasteiger partial charge in [-0.3, -0.25) is 14.5 Å². The molecule has 2 amide bonds. The lowest BCUT2D eigenvalue weighted by atomic mass is 9.92. The maximum absolute atomic E-state index is 11.9. The average Bonchev–Trinajstić information content (AvgIpc) is 2.48. The Labute approximate surface area is 101 Å². The smallest absolute Gasteiger partial charge is 0.235 e. The lowest BCUT2D eigenvalue weighted by Crippen LogP contribution is -2.37. The first kappa shape index (κ1) is 12.5. The Morgan fingerprint density at radius 1 is 1.29 bits per heavy atom. The second kappa shape index (κ2) is 4.74. The molecule has 0 spiro atoms. The SMILES string of the molecule is CC1(C)CC(=O)N(CCC2OCCCO2)C1=O. The van der Waals surface area contributed by atoms with Crippen LogP contribution in [0, 0.1) is 5.41 Å². The first-order valence-electron chi connectivity index (χ1n) is 6.09. The van der Waals surface area contributed by atoms with Crippen LogP contribution in [0.15, 0.2) is 0 Å². The average molecular weight is 241 g/mol. The zero-order chi connectivity index (χ0) is 12.5. The molecule has 17 heavy (non-hydrogen) atoms. The van der Waals surface area contributed by atoms with E-state index < -0.39 is 5.41 Å². The van der Waals surface area contributed by atoms with Crippen molar-refractivity contribution in [2.24, 2.45) is 5.41 Å². The molecular formula is C12H19NO4. The monoisotopic (exact) mass is 241 g/mol. The summed E-state index contributed by atoms with van der Waals surface area (Å²) in [5, 5.41) is 0. The van der Waals surface area contributed by atoms with Gasteiger partial charge in [-0.15, -0.1) is 0 Å². The van der Waals surface area contributed by atoms with Gasteiger partial charge in [0.25, 0.3) is 0 Å². The minimum Gasteiger partial charge on any atom is -0.353 e. The molecule has 2 fully saturated rings. The van der Waals surface area contributed by atoms with Crippen molar-refractivity contribution in [3.8, 4) is 0 Å². The van der Waals surface area contributed by atoms with Crippen molar-refractivity contribution in [3.63, 3.8) is 0 Å². The van der Waals surface area contributed by atoms with Gasteiger partial charge in [-0.2, -0.15) is 0 Å². The predicted molar refractivity (Wildman–Crippen MR) is 60.0 cm³/mol. The van der Waals surface area contributed by atoms with Crippen molar-refractivity contribution >= 4 is 11.8 Å². The number of imide groups is 1. The summed E-state index contributed by atoms with van der Waals surface area (Å²) in [5.74, 6) is -0.172. The van der Waals surface area contributed by atoms with Crippen LogP contribution in [0.5, 0.6) is 0 Å². The van der Waals surface area contributed by atoms with Crippen LogP contribution in [0.4, 0.5) is 0 Å². The summed E-state index contributed by atoms with van der Waals surface area (Å²) in [4.78, 5) is 25.0. The maximum Gasteiger partial charge on any atom is 0.235 e. The van der Waals surface area contributed by atoms with Gasteiger partial charge in [-0.05, 0) is 6.42 Å². The summed E-state index contributed by atoms with van der Waals surface area (Å²) in [5.41, 5.74) is -0.550. The van der Waals surface area contributed by atoms with Gasteiger partial charge in [0, 0.05) is 19.4 Å². The molecule has 0 atom stereocenters. The van der Waals surface area contributed by atoms with E-state index >= 15 is 0 Å². The van der Waals surface area contributed by atoms with E-state index in [4.69, 9.17) is 9.47 Å². The molecule has 5 nitrogen and oxygen atoms in total. The highest BCUT2D eigenvalue weighted by molar-refractivity contribution is 6.05. The zero-order valence-electron chi connectivity index (χ0n) is 10.4. The minimum absolute atomic E-state index is 0.0849. The van der Waals surface area contributed by atoms with E-state index in [1.165, 1.54) is 4.90 Å². The first-order chi connectivity index (χ1) is 8.00. The van der Waals surface area contributed by atoms with Crippen LogP contribution in [0.3, 0.4) is 0 Å². The molecule has 2 saturated heterocycles. The number of carbonyl (C=O) groups is 2. The van der Waals surface area contributed by atoms with Gasteiger partial charge < -0.3 is 9.47 Å². The highest BCUT2D eigenvalue weighted by atomic mass is 16.7. The van der Waals surface area contributed by atoms with Gasteiger partial charge in [0.05, 0.1) is 18.6 Å². The number of rotatable bonds is 3. The Morgan fingerprint density at radius 3 is 2.47 bits per heavy atom. The van der Waals surface area contributed by atoms with Crippen LogP contribution >= 0.6 is 0 Å². The lowest BCUT2D eigenvalue weighted by molar-refractivity contribution is -0.183. The van der Waals surface area contributed by atoms with Gasteiger partial charge in [0.2, 0.25) is 11.8 Å². The largest absolute Gasteiger partial charge is 0.353 e. The summed E-state index contributed by atoms with van der Waals surface area (Å²) in [6, 6.07) is 0. The van der Waals surface area contributed by atoms with Crippen molar-refractivity contribution in [2.75, 3.05) is 19.8 Å². The van der Waals surface area contributed by atoms with Gasteiger partial charge >= 0.3 is 0 Å². The molecule has 2 aliphatic heterocycles. The second-order valence-corrected chi connectivity index (χ2v) is 5.22. The Balaban J connectivity index is 1.86. The fraction of sp³-hybridized carbons (Fsp3) is 0.833. The number of amides is 2. The molecule has 0 bridgehead atoms. The number of hydrogen-bond donors (Lipinski definition) is 0. The molecule has 0 N–H and O–H groups in total. The van der Waals surface area contributed by atoms with Gasteiger partial charge in [-0.25, -0.2) is 0 Å². The molecule has 0 aliphatic carbocycles. The van der Waals surface area contributed by atoms with Crippen LogP contribution in [-0.2, 0) is 19.1 Å². The molecule has 96 valence electrons. The fourth-order valence-corrected chi connectivity index (χ4v) is 2.19. The van der Waals surface area contributed by atoms with Crippen molar-refractivity contribution in [1.82, 2.24) is 4.90 Å². The third-order valence-electron chi connectivity index (χ3n) is 3.20. The third kappa shape index (κ3) is 2.66. The lowest BCUT2D eigenvalue weighted by Gasteiger charge is -2.25. The Kier molecular flexibility index (Phi) is 3.49. The van der Waals surface area contributed by atoms with Crippen LogP contribution in [0.25, 0.3) is 0 Å². The number of carbonyl (C=O) groups excluding carboxylic acids is 2. The van der Waals surface area contributed by atoms with Crippen molar-refractivity contribution in [1.29, 1.82) is 0 Å². The molecular weight excluding hydrogens is 222 g/mol. The van der Waals surface area contributed by atoms with Crippen molar-refractivity contribution in [2.45, 2.75) is 39.4 Å². The minimum atomic E-state index is -0.550. The molecule has 0 aromatic rings. The first-order valence-corrected chi connectivity index (χ1v) is 6.09. The third-order valence-corrected chi connectivity index (χ3v) is 3.20. The molecule has 2 rings (SSSR count). The molecule has 0 radical (unpaired) electrons. The summed E-state index contributed by atoms with van der Waals surface area (Å²) in [7, 11) is 0. The fourth-order valence-electron chi connectivity index (χ4n) is 2.19. The van der Waals surface area contributed by atoms with Crippen molar-refractivity contribution in [3.05, 3.63) is 0 Å². The number of nitrogens with zero attached hydrogens (tertiary/aromatic N) is 1. The van der Waals surface area contributed by atoms with Crippen molar-refractivity contribution < 1.29 is 19.1 Å². The van der Waals surface area contributed by atoms with E-state index in [1.807, 2.05) is 0 Å². The summed E-state index contributed by atoms with van der Waals surface area (Å²) >= 11 is 0. The van der Waals surface area contributed by atoms with Gasteiger partial charge in [-0.1, -0.05) is 13.8 Å². The van der Waals surface area contributed by atoms with E-state index in [2.05, 4.69) is 0 Å². The number of ether oxygens (including phenoxy) is 2. The van der Waals surface area contributed by atoms with Crippen LogP contribution in [0.2, 0.25) is 0 Å². The standard InChI is InChI=1S/C12H19NO4/c1-12(2)8-9(14)13(11(12)15)5-4-10-16-6-3-7-17-10/h10H,3-8H2,1-2H3. The van der Waals surface area contributed by atoms with E-state index in [1.54, 1.807) is 13.8 Å². The van der Waals surface area contributed by atoms with Crippen LogP contribution in [0.1, 0.15) is 33.1 Å². The predicted octanol–water partition coefficient (Wildman–Crippen LogP) is 0.925. The van der Waals surface area contributed by atoms with Crippen LogP contribution in [-0.4, -0.2) is 42.8 Å². The number of hydrogen-bond acceptors (Lipinski definition) is 4. The van der Waals surface area contributed by atoms with Crippen LogP contribution < -0.4 is 0 Å². The molecule has 5 heteroatoms.